The first kappa shape index (κ1) is 17.7. The number of hydrogen-bond donors (Lipinski definition) is 2. The lowest BCUT2D eigenvalue weighted by atomic mass is 9.86. The van der Waals surface area contributed by atoms with Crippen LogP contribution in [0.25, 0.3) is 0 Å². The van der Waals surface area contributed by atoms with E-state index in [4.69, 9.17) is 11.6 Å². The van der Waals surface area contributed by atoms with Gasteiger partial charge in [-0.05, 0) is 34.1 Å². The maximum Gasteiger partial charge on any atom is 0.343 e. The van der Waals surface area contributed by atoms with Gasteiger partial charge in [0.1, 0.15) is 11.6 Å². The molecule has 2 rings (SSSR count). The number of rotatable bonds is 4. The Balaban J connectivity index is 2.60. The summed E-state index contributed by atoms with van der Waals surface area (Å²) in [6.45, 7) is 0. The predicted octanol–water partition coefficient (Wildman–Crippen LogP) is 3.55. The number of benzene rings is 2. The van der Waals surface area contributed by atoms with Gasteiger partial charge in [0, 0.05) is 22.0 Å². The van der Waals surface area contributed by atoms with E-state index in [1.165, 1.54) is 30.3 Å². The van der Waals surface area contributed by atoms with Gasteiger partial charge in [-0.3, -0.25) is 0 Å². The topological polar surface area (TPSA) is 66.8 Å². The second kappa shape index (κ2) is 6.86. The van der Waals surface area contributed by atoms with E-state index in [1.54, 1.807) is 0 Å². The molecular weight excluding hydrogens is 391 g/mol. The van der Waals surface area contributed by atoms with E-state index in [9.17, 15) is 19.4 Å². The lowest BCUT2D eigenvalue weighted by molar-refractivity contribution is -0.163. The molecule has 0 bridgehead atoms. The lowest BCUT2D eigenvalue weighted by Gasteiger charge is -2.27. The summed E-state index contributed by atoms with van der Waals surface area (Å²) in [6, 6.07) is 8.09. The van der Waals surface area contributed by atoms with Gasteiger partial charge < -0.3 is 14.9 Å². The van der Waals surface area contributed by atoms with Crippen LogP contribution in [0.4, 0.5) is 4.39 Å². The van der Waals surface area contributed by atoms with Gasteiger partial charge in [0.2, 0.25) is 0 Å². The summed E-state index contributed by atoms with van der Waals surface area (Å²) in [4.78, 5) is 12.1. The fourth-order valence-electron chi connectivity index (χ4n) is 2.25. The van der Waals surface area contributed by atoms with Crippen molar-refractivity contribution in [1.82, 2.24) is 0 Å². The molecule has 0 aliphatic rings. The molecule has 2 aromatic carbocycles. The summed E-state index contributed by atoms with van der Waals surface area (Å²) in [7, 11) is 1.08. The van der Waals surface area contributed by atoms with Gasteiger partial charge >= 0.3 is 5.97 Å². The third-order valence-electron chi connectivity index (χ3n) is 3.45. The highest BCUT2D eigenvalue weighted by Crippen LogP contribution is 2.38. The van der Waals surface area contributed by atoms with Crippen molar-refractivity contribution in [3.8, 4) is 5.75 Å². The maximum absolute atomic E-state index is 14.1. The minimum Gasteiger partial charge on any atom is -0.508 e. The molecule has 0 radical (unpaired) electrons. The first-order chi connectivity index (χ1) is 10.8. The first-order valence-corrected chi connectivity index (χ1v) is 7.70. The monoisotopic (exact) mass is 402 g/mol. The second-order valence-electron chi connectivity index (χ2n) is 4.87. The van der Waals surface area contributed by atoms with Crippen molar-refractivity contribution in [2.45, 2.75) is 12.0 Å². The van der Waals surface area contributed by atoms with Crippen LogP contribution in [-0.4, -0.2) is 23.3 Å². The molecule has 0 heterocycles. The van der Waals surface area contributed by atoms with Gasteiger partial charge in [-0.2, -0.15) is 0 Å². The predicted molar refractivity (Wildman–Crippen MR) is 86.8 cm³/mol. The third-order valence-corrected chi connectivity index (χ3v) is 4.90. The van der Waals surface area contributed by atoms with E-state index in [0.29, 0.717) is 4.47 Å². The molecule has 0 saturated heterocycles. The highest BCUT2D eigenvalue weighted by molar-refractivity contribution is 9.10. The van der Waals surface area contributed by atoms with Crippen LogP contribution in [0.3, 0.4) is 0 Å². The molecule has 122 valence electrons. The van der Waals surface area contributed by atoms with Gasteiger partial charge in [-0.25, -0.2) is 9.18 Å². The van der Waals surface area contributed by atoms with Crippen LogP contribution in [0, 0.1) is 5.82 Å². The van der Waals surface area contributed by atoms with E-state index in [0.717, 1.165) is 13.2 Å². The number of aliphatic hydroxyl groups is 1. The molecule has 2 N–H and O–H groups in total. The summed E-state index contributed by atoms with van der Waals surface area (Å²) in [5.41, 5.74) is -2.41. The van der Waals surface area contributed by atoms with Crippen LogP contribution in [0.5, 0.6) is 5.75 Å². The van der Waals surface area contributed by atoms with Crippen LogP contribution >= 0.6 is 27.5 Å². The largest absolute Gasteiger partial charge is 0.508 e. The molecule has 0 saturated carbocycles. The number of carbonyl (C=O) groups excluding carboxylic acids is 1. The number of aromatic hydroxyl groups is 1. The highest BCUT2D eigenvalue weighted by atomic mass is 79.9. The molecule has 0 aliphatic carbocycles. The minimum absolute atomic E-state index is 0.161. The molecule has 4 nitrogen and oxygen atoms in total. The molecule has 1 atom stereocenters. The fourth-order valence-corrected chi connectivity index (χ4v) is 2.90. The number of methoxy groups -OCH3 is 1. The van der Waals surface area contributed by atoms with Gasteiger partial charge in [-0.15, -0.1) is 0 Å². The van der Waals surface area contributed by atoms with Gasteiger partial charge in [0.15, 0.2) is 5.60 Å². The van der Waals surface area contributed by atoms with Crippen LogP contribution in [-0.2, 0) is 21.6 Å². The van der Waals surface area contributed by atoms with E-state index in [-0.39, 0.29) is 21.9 Å². The zero-order valence-corrected chi connectivity index (χ0v) is 14.4. The fraction of sp³-hybridized carbons (Fsp3) is 0.188. The van der Waals surface area contributed by atoms with Crippen LogP contribution in [0.1, 0.15) is 11.1 Å². The second-order valence-corrected chi connectivity index (χ2v) is 6.07. The minimum atomic E-state index is -2.31. The van der Waals surface area contributed by atoms with Crippen molar-refractivity contribution in [3.05, 3.63) is 62.8 Å². The number of phenolic OH excluding ortho intramolecular Hbond substituents is 1. The van der Waals surface area contributed by atoms with Crippen molar-refractivity contribution >= 4 is 33.5 Å². The first-order valence-electron chi connectivity index (χ1n) is 6.53. The van der Waals surface area contributed by atoms with Crippen molar-refractivity contribution in [3.63, 3.8) is 0 Å². The Morgan fingerprint density at radius 2 is 2.00 bits per heavy atom. The average molecular weight is 404 g/mol. The molecule has 0 amide bonds. The number of halogens is 3. The standard InChI is InChI=1S/C16H13BrClFO4/c1-23-15(21)16(22,10-4-2-3-5-12(10)19)8-9-13(20)7-6-11(18)14(9)17/h2-7,20,22H,8H2,1H3/t16-/m1/s1. The molecule has 0 unspecified atom stereocenters. The molecular formula is C16H13BrClFO4. The smallest absolute Gasteiger partial charge is 0.343 e. The normalized spacial score (nSPS) is 13.4. The van der Waals surface area contributed by atoms with E-state index in [1.807, 2.05) is 0 Å². The van der Waals surface area contributed by atoms with E-state index >= 15 is 0 Å². The van der Waals surface area contributed by atoms with Crippen molar-refractivity contribution < 1.29 is 24.1 Å². The Morgan fingerprint density at radius 3 is 2.61 bits per heavy atom. The molecule has 23 heavy (non-hydrogen) atoms. The number of esters is 1. The zero-order chi connectivity index (χ0) is 17.2. The summed E-state index contributed by atoms with van der Waals surface area (Å²) in [5, 5.41) is 21.1. The molecule has 7 heteroatoms. The van der Waals surface area contributed by atoms with Crippen molar-refractivity contribution in [2.75, 3.05) is 7.11 Å². The van der Waals surface area contributed by atoms with Gasteiger partial charge in [0.05, 0.1) is 12.1 Å². The average Bonchev–Trinajstić information content (AvgIpc) is 2.54. The quantitative estimate of drug-likeness (QED) is 0.766. The van der Waals surface area contributed by atoms with Crippen molar-refractivity contribution in [2.24, 2.45) is 0 Å². The lowest BCUT2D eigenvalue weighted by Crippen LogP contribution is -2.40. The Labute approximate surface area is 145 Å². The number of carbonyl (C=O) groups is 1. The maximum atomic E-state index is 14.1. The summed E-state index contributed by atoms with van der Waals surface area (Å²) < 4.78 is 19.0. The third kappa shape index (κ3) is 3.34. The molecule has 0 fully saturated rings. The number of phenols is 1. The molecule has 0 aromatic heterocycles. The summed E-state index contributed by atoms with van der Waals surface area (Å²) >= 11 is 9.17. The molecule has 2 aromatic rings. The van der Waals surface area contributed by atoms with E-state index in [2.05, 4.69) is 20.7 Å². The molecule has 0 aliphatic heterocycles. The summed E-state index contributed by atoms with van der Waals surface area (Å²) in [6.07, 6.45) is -0.423. The van der Waals surface area contributed by atoms with Gasteiger partial charge in [0.25, 0.3) is 0 Å². The Hall–Kier alpha value is -1.63. The highest BCUT2D eigenvalue weighted by Gasteiger charge is 2.42. The van der Waals surface area contributed by atoms with Crippen LogP contribution in [0.2, 0.25) is 5.02 Å². The Morgan fingerprint density at radius 1 is 1.35 bits per heavy atom. The number of ether oxygens (including phenoxy) is 1. The molecule has 0 spiro atoms. The van der Waals surface area contributed by atoms with Crippen LogP contribution in [0.15, 0.2) is 40.9 Å². The zero-order valence-electron chi connectivity index (χ0n) is 12.0. The SMILES string of the molecule is COC(=O)[C@@](O)(Cc1c(O)ccc(Cl)c1Br)c1ccccc1F. The summed E-state index contributed by atoms with van der Waals surface area (Å²) in [5.74, 6) is -2.01. The van der Waals surface area contributed by atoms with Crippen molar-refractivity contribution in [1.29, 1.82) is 0 Å². The Kier molecular flexibility index (Phi) is 5.29. The van der Waals surface area contributed by atoms with Gasteiger partial charge in [-0.1, -0.05) is 29.8 Å². The Bertz CT molecular complexity index is 753. The van der Waals surface area contributed by atoms with E-state index < -0.39 is 23.8 Å². The number of hydrogen-bond acceptors (Lipinski definition) is 4. The van der Waals surface area contributed by atoms with Crippen LogP contribution < -0.4 is 0 Å².